The standard InChI is InChI=1S/C13H21N3O3S.ClH/c1-3-7-13(2,14)12(17)16-9-10-5-4-6-11(8-10)20(15,18)19;/h4-6,8H,3,7,9,14H2,1-2H3,(H,16,17)(H2,15,18,19);1H. The van der Waals surface area contributed by atoms with Crippen molar-refractivity contribution in [1.29, 1.82) is 0 Å². The Labute approximate surface area is 131 Å². The number of benzene rings is 1. The monoisotopic (exact) mass is 335 g/mol. The molecule has 0 spiro atoms. The van der Waals surface area contributed by atoms with Crippen LogP contribution in [0, 0.1) is 0 Å². The maximum absolute atomic E-state index is 11.9. The molecule has 0 radical (unpaired) electrons. The fourth-order valence-electron chi connectivity index (χ4n) is 1.85. The van der Waals surface area contributed by atoms with Crippen LogP contribution in [0.2, 0.25) is 0 Å². The maximum atomic E-state index is 11.9. The molecule has 0 heterocycles. The van der Waals surface area contributed by atoms with Crippen LogP contribution in [0.4, 0.5) is 0 Å². The van der Waals surface area contributed by atoms with E-state index in [1.807, 2.05) is 6.92 Å². The van der Waals surface area contributed by atoms with Crippen LogP contribution in [0.5, 0.6) is 0 Å². The van der Waals surface area contributed by atoms with E-state index in [-0.39, 0.29) is 29.8 Å². The van der Waals surface area contributed by atoms with Crippen LogP contribution >= 0.6 is 12.4 Å². The van der Waals surface area contributed by atoms with Crippen molar-refractivity contribution in [2.45, 2.75) is 43.7 Å². The molecule has 21 heavy (non-hydrogen) atoms. The molecule has 1 aromatic carbocycles. The second-order valence-corrected chi connectivity index (χ2v) is 6.60. The van der Waals surface area contributed by atoms with E-state index >= 15 is 0 Å². The molecule has 0 aromatic heterocycles. The molecule has 1 atom stereocenters. The van der Waals surface area contributed by atoms with Gasteiger partial charge in [-0.15, -0.1) is 12.4 Å². The molecule has 1 amide bonds. The second kappa shape index (κ2) is 7.74. The van der Waals surface area contributed by atoms with Crippen LogP contribution in [-0.4, -0.2) is 19.9 Å². The zero-order valence-electron chi connectivity index (χ0n) is 12.1. The molecule has 1 rings (SSSR count). The smallest absolute Gasteiger partial charge is 0.240 e. The number of primary sulfonamides is 1. The van der Waals surface area contributed by atoms with Gasteiger partial charge < -0.3 is 11.1 Å². The van der Waals surface area contributed by atoms with E-state index in [1.54, 1.807) is 19.1 Å². The van der Waals surface area contributed by atoms with Gasteiger partial charge in [-0.3, -0.25) is 4.79 Å². The molecular formula is C13H22ClN3O3S. The third-order valence-corrected chi connectivity index (χ3v) is 3.88. The van der Waals surface area contributed by atoms with Gasteiger partial charge in [-0.2, -0.15) is 0 Å². The molecule has 0 fully saturated rings. The largest absolute Gasteiger partial charge is 0.350 e. The van der Waals surface area contributed by atoms with Crippen molar-refractivity contribution >= 4 is 28.3 Å². The highest BCUT2D eigenvalue weighted by atomic mass is 35.5. The van der Waals surface area contributed by atoms with Crippen LogP contribution in [0.3, 0.4) is 0 Å². The Hall–Kier alpha value is -1.15. The summed E-state index contributed by atoms with van der Waals surface area (Å²) in [5.41, 5.74) is 5.63. The SMILES string of the molecule is CCCC(C)(N)C(=O)NCc1cccc(S(N)(=O)=O)c1.Cl. The molecule has 1 aromatic rings. The first kappa shape index (κ1) is 19.9. The van der Waals surface area contributed by atoms with Crippen LogP contribution in [0.25, 0.3) is 0 Å². The summed E-state index contributed by atoms with van der Waals surface area (Å²) < 4.78 is 22.5. The molecule has 0 aliphatic carbocycles. The molecule has 5 N–H and O–H groups in total. The minimum Gasteiger partial charge on any atom is -0.350 e. The molecule has 0 bridgehead atoms. The van der Waals surface area contributed by atoms with Crippen LogP contribution in [0.15, 0.2) is 29.2 Å². The van der Waals surface area contributed by atoms with Gasteiger partial charge in [0.2, 0.25) is 15.9 Å². The number of sulfonamides is 1. The summed E-state index contributed by atoms with van der Waals surface area (Å²) in [5, 5.41) is 7.76. The van der Waals surface area contributed by atoms with E-state index in [4.69, 9.17) is 10.9 Å². The first-order valence-corrected chi connectivity index (χ1v) is 7.90. The van der Waals surface area contributed by atoms with Crippen molar-refractivity contribution in [1.82, 2.24) is 5.32 Å². The Morgan fingerprint density at radius 2 is 2.00 bits per heavy atom. The van der Waals surface area contributed by atoms with Gasteiger partial charge in [-0.05, 0) is 31.0 Å². The molecule has 0 aliphatic rings. The summed E-state index contributed by atoms with van der Waals surface area (Å²) in [6.45, 7) is 3.83. The first-order valence-electron chi connectivity index (χ1n) is 6.36. The number of rotatable bonds is 6. The van der Waals surface area contributed by atoms with Gasteiger partial charge in [0.05, 0.1) is 10.4 Å². The number of hydrogen-bond acceptors (Lipinski definition) is 4. The predicted molar refractivity (Wildman–Crippen MR) is 84.4 cm³/mol. The Morgan fingerprint density at radius 1 is 1.38 bits per heavy atom. The molecule has 1 unspecified atom stereocenters. The maximum Gasteiger partial charge on any atom is 0.240 e. The van der Waals surface area contributed by atoms with Crippen molar-refractivity contribution in [2.75, 3.05) is 0 Å². The summed E-state index contributed by atoms with van der Waals surface area (Å²) >= 11 is 0. The van der Waals surface area contributed by atoms with Gasteiger partial charge in [0.1, 0.15) is 0 Å². The second-order valence-electron chi connectivity index (χ2n) is 5.04. The van der Waals surface area contributed by atoms with Crippen LogP contribution in [-0.2, 0) is 21.4 Å². The van der Waals surface area contributed by atoms with Crippen molar-refractivity contribution in [3.05, 3.63) is 29.8 Å². The quantitative estimate of drug-likeness (QED) is 0.715. The third-order valence-electron chi connectivity index (χ3n) is 2.97. The van der Waals surface area contributed by atoms with Crippen molar-refractivity contribution < 1.29 is 13.2 Å². The molecule has 0 saturated heterocycles. The summed E-state index contributed by atoms with van der Waals surface area (Å²) in [6.07, 6.45) is 1.39. The highest BCUT2D eigenvalue weighted by molar-refractivity contribution is 7.89. The molecule has 8 heteroatoms. The van der Waals surface area contributed by atoms with Gasteiger partial charge in [0.15, 0.2) is 0 Å². The van der Waals surface area contributed by atoms with Crippen LogP contribution < -0.4 is 16.2 Å². The Kier molecular flexibility index (Phi) is 7.32. The fraction of sp³-hybridized carbons (Fsp3) is 0.462. The van der Waals surface area contributed by atoms with Gasteiger partial charge in [-0.25, -0.2) is 13.6 Å². The van der Waals surface area contributed by atoms with Crippen LogP contribution in [0.1, 0.15) is 32.3 Å². The average Bonchev–Trinajstić information content (AvgIpc) is 2.35. The van der Waals surface area contributed by atoms with Crippen molar-refractivity contribution in [2.24, 2.45) is 10.9 Å². The summed E-state index contributed by atoms with van der Waals surface area (Å²) in [5.74, 6) is -0.264. The zero-order valence-corrected chi connectivity index (χ0v) is 13.8. The Bertz CT molecular complexity index is 588. The topological polar surface area (TPSA) is 115 Å². The number of carbonyl (C=O) groups is 1. The highest BCUT2D eigenvalue weighted by Gasteiger charge is 2.26. The van der Waals surface area contributed by atoms with E-state index in [9.17, 15) is 13.2 Å². The highest BCUT2D eigenvalue weighted by Crippen LogP contribution is 2.11. The van der Waals surface area contributed by atoms with E-state index in [1.165, 1.54) is 12.1 Å². The lowest BCUT2D eigenvalue weighted by Gasteiger charge is -2.22. The zero-order chi connectivity index (χ0) is 15.4. The van der Waals surface area contributed by atoms with Crippen molar-refractivity contribution in [3.63, 3.8) is 0 Å². The number of nitrogens with two attached hydrogens (primary N) is 2. The Balaban J connectivity index is 0.00000400. The van der Waals surface area contributed by atoms with E-state index < -0.39 is 15.6 Å². The van der Waals surface area contributed by atoms with Gasteiger partial charge in [-0.1, -0.05) is 25.5 Å². The average molecular weight is 336 g/mol. The minimum absolute atomic E-state index is 0. The number of carbonyl (C=O) groups excluding carboxylic acids is 1. The normalized spacial score (nSPS) is 13.9. The summed E-state index contributed by atoms with van der Waals surface area (Å²) in [6, 6.07) is 6.13. The summed E-state index contributed by atoms with van der Waals surface area (Å²) in [7, 11) is -3.74. The lowest BCUT2D eigenvalue weighted by molar-refractivity contribution is -0.126. The molecular weight excluding hydrogens is 314 g/mol. The molecule has 0 saturated carbocycles. The van der Waals surface area contributed by atoms with Crippen molar-refractivity contribution in [3.8, 4) is 0 Å². The molecule has 0 aliphatic heterocycles. The minimum atomic E-state index is -3.74. The van der Waals surface area contributed by atoms with E-state index in [0.717, 1.165) is 6.42 Å². The lowest BCUT2D eigenvalue weighted by Crippen LogP contribution is -2.51. The molecule has 120 valence electrons. The number of amides is 1. The summed E-state index contributed by atoms with van der Waals surface area (Å²) in [4.78, 5) is 12.0. The van der Waals surface area contributed by atoms with Gasteiger partial charge in [0.25, 0.3) is 0 Å². The lowest BCUT2D eigenvalue weighted by atomic mass is 9.96. The number of halogens is 1. The third kappa shape index (κ3) is 6.01. The predicted octanol–water partition coefficient (Wildman–Crippen LogP) is 0.889. The number of nitrogens with one attached hydrogen (secondary N) is 1. The Morgan fingerprint density at radius 3 is 2.52 bits per heavy atom. The van der Waals surface area contributed by atoms with E-state index in [2.05, 4.69) is 5.32 Å². The fourth-order valence-corrected chi connectivity index (χ4v) is 2.43. The van der Waals surface area contributed by atoms with Gasteiger partial charge in [0, 0.05) is 6.54 Å². The van der Waals surface area contributed by atoms with Gasteiger partial charge >= 0.3 is 0 Å². The number of hydrogen-bond donors (Lipinski definition) is 3. The van der Waals surface area contributed by atoms with E-state index in [0.29, 0.717) is 12.0 Å². The molecule has 6 nitrogen and oxygen atoms in total. The first-order chi connectivity index (χ1) is 9.16.